The lowest BCUT2D eigenvalue weighted by Crippen LogP contribution is -2.16. The largest absolute Gasteiger partial charge is 0.473 e. The highest BCUT2D eigenvalue weighted by Gasteiger charge is 2.04. The number of halogens is 2. The van der Waals surface area contributed by atoms with E-state index in [0.29, 0.717) is 10.0 Å². The van der Waals surface area contributed by atoms with Gasteiger partial charge in [0.05, 0.1) is 0 Å². The predicted octanol–water partition coefficient (Wildman–Crippen LogP) is 2.67. The minimum atomic E-state index is -1.82. The molecule has 0 fully saturated rings. The minimum Gasteiger partial charge on any atom is -0.473 e. The quantitative estimate of drug-likeness (QED) is 0.516. The molecule has 0 aromatic heterocycles. The van der Waals surface area contributed by atoms with Gasteiger partial charge in [0, 0.05) is 29.8 Å². The van der Waals surface area contributed by atoms with Gasteiger partial charge in [0.15, 0.2) is 0 Å². The number of nitrogens with one attached hydrogen (secondary N) is 1. The van der Waals surface area contributed by atoms with Crippen LogP contribution < -0.4 is 5.32 Å². The molecule has 0 aliphatic rings. The summed E-state index contributed by atoms with van der Waals surface area (Å²) >= 11 is 11.9. The molecule has 124 valence electrons. The van der Waals surface area contributed by atoms with Crippen molar-refractivity contribution in [1.82, 2.24) is 5.32 Å². The second-order valence-electron chi connectivity index (χ2n) is 4.07. The number of carboxylic acid groups (broad SMARTS) is 2. The van der Waals surface area contributed by atoms with Crippen molar-refractivity contribution >= 4 is 35.1 Å². The summed E-state index contributed by atoms with van der Waals surface area (Å²) in [5.74, 6) is -3.65. The lowest BCUT2D eigenvalue weighted by molar-refractivity contribution is -0.159. The first-order chi connectivity index (χ1) is 10.4. The molecular formula is C14H19Cl2NO5. The standard InChI is InChI=1S/C12H17Cl2NO.C2H2O4/c1-2-16-7-3-6-15-9-10-4-5-11(13)8-12(10)14;3-1(4)2(5)6/h4-5,8,15H,2-3,6-7,9H2,1H3;(H,3,4)(H,5,6). The number of carbonyl (C=O) groups is 2. The van der Waals surface area contributed by atoms with Crippen molar-refractivity contribution in [2.24, 2.45) is 0 Å². The highest BCUT2D eigenvalue weighted by molar-refractivity contribution is 6.35. The molecular weight excluding hydrogens is 333 g/mol. The van der Waals surface area contributed by atoms with Crippen LogP contribution in [0.4, 0.5) is 0 Å². The molecule has 22 heavy (non-hydrogen) atoms. The van der Waals surface area contributed by atoms with Gasteiger partial charge < -0.3 is 20.3 Å². The molecule has 0 atom stereocenters. The van der Waals surface area contributed by atoms with Crippen molar-refractivity contribution in [1.29, 1.82) is 0 Å². The van der Waals surface area contributed by atoms with Gasteiger partial charge in [-0.25, -0.2) is 9.59 Å². The fourth-order valence-electron chi connectivity index (χ4n) is 1.33. The molecule has 3 N–H and O–H groups in total. The van der Waals surface area contributed by atoms with Gasteiger partial charge in [-0.1, -0.05) is 29.3 Å². The molecule has 0 bridgehead atoms. The third-order valence-corrected chi connectivity index (χ3v) is 2.95. The Morgan fingerprint density at radius 3 is 2.36 bits per heavy atom. The van der Waals surface area contributed by atoms with E-state index in [1.165, 1.54) is 0 Å². The van der Waals surface area contributed by atoms with E-state index in [2.05, 4.69) is 5.32 Å². The van der Waals surface area contributed by atoms with Crippen LogP contribution in [-0.4, -0.2) is 41.9 Å². The number of carboxylic acids is 2. The van der Waals surface area contributed by atoms with E-state index in [-0.39, 0.29) is 0 Å². The topological polar surface area (TPSA) is 95.9 Å². The lowest BCUT2D eigenvalue weighted by atomic mass is 10.2. The first kappa shape index (κ1) is 20.7. The van der Waals surface area contributed by atoms with E-state index < -0.39 is 11.9 Å². The van der Waals surface area contributed by atoms with Crippen LogP contribution in [0.25, 0.3) is 0 Å². The summed E-state index contributed by atoms with van der Waals surface area (Å²) in [4.78, 5) is 18.2. The van der Waals surface area contributed by atoms with Gasteiger partial charge in [-0.3, -0.25) is 0 Å². The maximum atomic E-state index is 9.10. The molecule has 8 heteroatoms. The number of benzene rings is 1. The summed E-state index contributed by atoms with van der Waals surface area (Å²) in [6.45, 7) is 5.28. The second-order valence-corrected chi connectivity index (χ2v) is 4.92. The molecule has 1 aromatic carbocycles. The maximum Gasteiger partial charge on any atom is 0.414 e. The Kier molecular flexibility index (Phi) is 11.5. The Bertz CT molecular complexity index is 470. The summed E-state index contributed by atoms with van der Waals surface area (Å²) in [6.07, 6.45) is 1.01. The van der Waals surface area contributed by atoms with E-state index in [4.69, 9.17) is 47.7 Å². The number of hydrogen-bond acceptors (Lipinski definition) is 4. The summed E-state index contributed by atoms with van der Waals surface area (Å²) in [6, 6.07) is 5.56. The fourth-order valence-corrected chi connectivity index (χ4v) is 1.81. The van der Waals surface area contributed by atoms with Crippen LogP contribution in [0, 0.1) is 0 Å². The van der Waals surface area contributed by atoms with Crippen LogP contribution in [0.1, 0.15) is 18.9 Å². The third kappa shape index (κ3) is 10.4. The monoisotopic (exact) mass is 351 g/mol. The molecule has 1 rings (SSSR count). The lowest BCUT2D eigenvalue weighted by Gasteiger charge is -2.07. The number of hydrogen-bond donors (Lipinski definition) is 3. The zero-order chi connectivity index (χ0) is 17.0. The van der Waals surface area contributed by atoms with Crippen molar-refractivity contribution in [3.8, 4) is 0 Å². The Balaban J connectivity index is 0.000000626. The SMILES string of the molecule is CCOCCCNCc1ccc(Cl)cc1Cl.O=C(O)C(=O)O. The third-order valence-electron chi connectivity index (χ3n) is 2.36. The highest BCUT2D eigenvalue weighted by Crippen LogP contribution is 2.20. The van der Waals surface area contributed by atoms with Gasteiger partial charge in [0.1, 0.15) is 0 Å². The summed E-state index contributed by atoms with van der Waals surface area (Å²) in [5.41, 5.74) is 1.07. The van der Waals surface area contributed by atoms with Gasteiger partial charge in [0.25, 0.3) is 0 Å². The molecule has 0 amide bonds. The molecule has 0 aliphatic carbocycles. The molecule has 0 aliphatic heterocycles. The number of rotatable bonds is 7. The molecule has 0 heterocycles. The van der Waals surface area contributed by atoms with Crippen LogP contribution in [0.2, 0.25) is 10.0 Å². The average molecular weight is 352 g/mol. The van der Waals surface area contributed by atoms with Crippen molar-refractivity contribution in [3.05, 3.63) is 33.8 Å². The van der Waals surface area contributed by atoms with Crippen molar-refractivity contribution < 1.29 is 24.5 Å². The molecule has 0 spiro atoms. The molecule has 0 saturated carbocycles. The Labute approximate surface area is 139 Å². The predicted molar refractivity (Wildman–Crippen MR) is 84.6 cm³/mol. The van der Waals surface area contributed by atoms with E-state index in [1.54, 1.807) is 6.07 Å². The van der Waals surface area contributed by atoms with Crippen LogP contribution in [-0.2, 0) is 20.9 Å². The first-order valence-corrected chi connectivity index (χ1v) is 7.32. The van der Waals surface area contributed by atoms with Crippen LogP contribution in [0.3, 0.4) is 0 Å². The molecule has 0 radical (unpaired) electrons. The van der Waals surface area contributed by atoms with Crippen molar-refractivity contribution in [2.75, 3.05) is 19.8 Å². The molecule has 6 nitrogen and oxygen atoms in total. The average Bonchev–Trinajstić information content (AvgIpc) is 2.45. The van der Waals surface area contributed by atoms with Crippen LogP contribution in [0.5, 0.6) is 0 Å². The van der Waals surface area contributed by atoms with Gasteiger partial charge in [0.2, 0.25) is 0 Å². The van der Waals surface area contributed by atoms with E-state index in [0.717, 1.165) is 38.3 Å². The highest BCUT2D eigenvalue weighted by atomic mass is 35.5. The van der Waals surface area contributed by atoms with Gasteiger partial charge >= 0.3 is 11.9 Å². The summed E-state index contributed by atoms with van der Waals surface area (Å²) in [7, 11) is 0. The second kappa shape index (κ2) is 12.2. The van der Waals surface area contributed by atoms with Crippen molar-refractivity contribution in [3.63, 3.8) is 0 Å². The Hall–Kier alpha value is -1.34. The summed E-state index contributed by atoms with van der Waals surface area (Å²) < 4.78 is 5.24. The van der Waals surface area contributed by atoms with E-state index in [1.807, 2.05) is 19.1 Å². The van der Waals surface area contributed by atoms with Crippen molar-refractivity contribution in [2.45, 2.75) is 19.9 Å². The maximum absolute atomic E-state index is 9.10. The minimum absolute atomic E-state index is 0.671. The van der Waals surface area contributed by atoms with Crippen LogP contribution >= 0.6 is 23.2 Å². The molecule has 0 unspecified atom stereocenters. The normalized spacial score (nSPS) is 9.77. The van der Waals surface area contributed by atoms with Gasteiger partial charge in [-0.2, -0.15) is 0 Å². The number of aliphatic carboxylic acids is 2. The Morgan fingerprint density at radius 1 is 1.23 bits per heavy atom. The van der Waals surface area contributed by atoms with Crippen LogP contribution in [0.15, 0.2) is 18.2 Å². The van der Waals surface area contributed by atoms with E-state index in [9.17, 15) is 0 Å². The first-order valence-electron chi connectivity index (χ1n) is 6.57. The van der Waals surface area contributed by atoms with Gasteiger partial charge in [-0.15, -0.1) is 0 Å². The smallest absolute Gasteiger partial charge is 0.414 e. The molecule has 0 saturated heterocycles. The zero-order valence-corrected chi connectivity index (χ0v) is 13.7. The van der Waals surface area contributed by atoms with E-state index >= 15 is 0 Å². The zero-order valence-electron chi connectivity index (χ0n) is 12.1. The molecule has 1 aromatic rings. The number of ether oxygens (including phenoxy) is 1. The summed E-state index contributed by atoms with van der Waals surface area (Å²) in [5, 5.41) is 19.5. The van der Waals surface area contributed by atoms with Gasteiger partial charge in [-0.05, 0) is 37.6 Å². The fraction of sp³-hybridized carbons (Fsp3) is 0.429. The Morgan fingerprint density at radius 2 is 1.86 bits per heavy atom.